The number of carbonyl (C=O) groups excluding carboxylic acids is 1. The van der Waals surface area contributed by atoms with Crippen molar-refractivity contribution in [2.45, 2.75) is 13.8 Å². The van der Waals surface area contributed by atoms with E-state index in [2.05, 4.69) is 15.8 Å². The molecule has 0 saturated heterocycles. The predicted octanol–water partition coefficient (Wildman–Crippen LogP) is 3.44. The summed E-state index contributed by atoms with van der Waals surface area (Å²) in [6, 6.07) is 13.6. The van der Waals surface area contributed by atoms with Gasteiger partial charge in [0.15, 0.2) is 6.61 Å². The number of nitrogens with one attached hydrogen (secondary N) is 2. The second kappa shape index (κ2) is 6.66. The Bertz CT molecular complexity index is 812. The van der Waals surface area contributed by atoms with Gasteiger partial charge in [-0.15, -0.1) is 0 Å². The molecule has 0 aliphatic carbocycles. The van der Waals surface area contributed by atoms with Crippen LogP contribution in [0.2, 0.25) is 0 Å². The average molecular weight is 327 g/mol. The Morgan fingerprint density at radius 3 is 2.78 bits per heavy atom. The van der Waals surface area contributed by atoms with Crippen LogP contribution in [0, 0.1) is 13.8 Å². The first-order valence-electron chi connectivity index (χ1n) is 7.22. The summed E-state index contributed by atoms with van der Waals surface area (Å²) in [7, 11) is 0. The Hall–Kier alpha value is -2.60. The average Bonchev–Trinajstić information content (AvgIpc) is 2.97. The third-order valence-corrected chi connectivity index (χ3v) is 4.40. The molecule has 0 radical (unpaired) electrons. The fraction of sp³-hybridized carbons (Fsp3) is 0.176. The molecule has 0 bridgehead atoms. The molecule has 0 aliphatic rings. The number of benzene rings is 2. The molecule has 0 spiro atoms. The fourth-order valence-electron chi connectivity index (χ4n) is 2.04. The minimum Gasteiger partial charge on any atom is -0.484 e. The number of fused-ring (bicyclic) bond motifs is 1. The van der Waals surface area contributed by atoms with Crippen molar-refractivity contribution < 1.29 is 9.53 Å². The number of thiazole rings is 1. The van der Waals surface area contributed by atoms with E-state index in [4.69, 9.17) is 4.74 Å². The van der Waals surface area contributed by atoms with E-state index < -0.39 is 0 Å². The van der Waals surface area contributed by atoms with Gasteiger partial charge in [-0.2, -0.15) is 0 Å². The third-order valence-electron chi connectivity index (χ3n) is 3.45. The van der Waals surface area contributed by atoms with Crippen molar-refractivity contribution >= 4 is 32.6 Å². The number of hydrazine groups is 1. The summed E-state index contributed by atoms with van der Waals surface area (Å²) < 4.78 is 6.55. The van der Waals surface area contributed by atoms with Crippen LogP contribution in [0.4, 0.5) is 5.13 Å². The number of nitrogens with zero attached hydrogens (tertiary/aromatic N) is 1. The van der Waals surface area contributed by atoms with Gasteiger partial charge in [0, 0.05) is 0 Å². The first-order chi connectivity index (χ1) is 11.1. The van der Waals surface area contributed by atoms with Crippen molar-refractivity contribution in [3.05, 3.63) is 53.6 Å². The first-order valence-corrected chi connectivity index (χ1v) is 8.04. The van der Waals surface area contributed by atoms with E-state index in [-0.39, 0.29) is 12.5 Å². The molecule has 23 heavy (non-hydrogen) atoms. The Morgan fingerprint density at radius 2 is 2.00 bits per heavy atom. The lowest BCUT2D eigenvalue weighted by Crippen LogP contribution is -2.33. The molecular weight excluding hydrogens is 310 g/mol. The highest BCUT2D eigenvalue weighted by Gasteiger charge is 2.06. The van der Waals surface area contributed by atoms with Gasteiger partial charge in [-0.05, 0) is 49.2 Å². The van der Waals surface area contributed by atoms with Gasteiger partial charge in [0.05, 0.1) is 10.2 Å². The van der Waals surface area contributed by atoms with Crippen molar-refractivity contribution in [2.24, 2.45) is 0 Å². The van der Waals surface area contributed by atoms with Crippen LogP contribution in [0.1, 0.15) is 11.1 Å². The fourth-order valence-corrected chi connectivity index (χ4v) is 2.86. The highest BCUT2D eigenvalue weighted by Crippen LogP contribution is 2.24. The Labute approximate surface area is 138 Å². The van der Waals surface area contributed by atoms with Gasteiger partial charge >= 0.3 is 0 Å². The number of aryl methyl sites for hydroxylation is 2. The van der Waals surface area contributed by atoms with Crippen LogP contribution in [0.5, 0.6) is 5.75 Å². The Morgan fingerprint density at radius 1 is 1.17 bits per heavy atom. The van der Waals surface area contributed by atoms with E-state index >= 15 is 0 Å². The van der Waals surface area contributed by atoms with E-state index in [1.165, 1.54) is 16.9 Å². The highest BCUT2D eigenvalue weighted by atomic mass is 32.1. The summed E-state index contributed by atoms with van der Waals surface area (Å²) in [4.78, 5) is 16.2. The van der Waals surface area contributed by atoms with Crippen molar-refractivity contribution in [1.29, 1.82) is 0 Å². The van der Waals surface area contributed by atoms with Gasteiger partial charge in [-0.3, -0.25) is 15.6 Å². The van der Waals surface area contributed by atoms with E-state index in [1.54, 1.807) is 0 Å². The molecular formula is C17H17N3O2S. The van der Waals surface area contributed by atoms with Gasteiger partial charge in [-0.25, -0.2) is 4.98 Å². The van der Waals surface area contributed by atoms with E-state index in [9.17, 15) is 4.79 Å². The van der Waals surface area contributed by atoms with E-state index in [1.807, 2.05) is 56.3 Å². The molecule has 1 amide bonds. The molecule has 1 heterocycles. The maximum absolute atomic E-state index is 11.8. The molecule has 2 aromatic carbocycles. The first kappa shape index (κ1) is 15.3. The zero-order valence-electron chi connectivity index (χ0n) is 12.9. The van der Waals surface area contributed by atoms with Crippen molar-refractivity contribution in [1.82, 2.24) is 10.4 Å². The topological polar surface area (TPSA) is 63.2 Å². The number of amides is 1. The zero-order chi connectivity index (χ0) is 16.2. The summed E-state index contributed by atoms with van der Waals surface area (Å²) in [5.41, 5.74) is 8.64. The van der Waals surface area contributed by atoms with Crippen LogP contribution in [0.15, 0.2) is 42.5 Å². The molecule has 5 nitrogen and oxygen atoms in total. The summed E-state index contributed by atoms with van der Waals surface area (Å²) in [6.45, 7) is 3.99. The summed E-state index contributed by atoms with van der Waals surface area (Å²) >= 11 is 1.48. The maximum Gasteiger partial charge on any atom is 0.276 e. The molecule has 2 N–H and O–H groups in total. The molecule has 0 fully saturated rings. The van der Waals surface area contributed by atoms with Gasteiger partial charge in [0.2, 0.25) is 5.13 Å². The molecule has 3 aromatic rings. The van der Waals surface area contributed by atoms with Crippen molar-refractivity contribution in [3.8, 4) is 5.75 Å². The molecule has 3 rings (SSSR count). The quantitative estimate of drug-likeness (QED) is 0.705. The van der Waals surface area contributed by atoms with Crippen LogP contribution in [0.3, 0.4) is 0 Å². The second-order valence-electron chi connectivity index (χ2n) is 5.19. The number of aromatic nitrogens is 1. The van der Waals surface area contributed by atoms with Gasteiger partial charge in [0.25, 0.3) is 5.91 Å². The van der Waals surface area contributed by atoms with Gasteiger partial charge in [0.1, 0.15) is 5.75 Å². The molecule has 118 valence electrons. The minimum atomic E-state index is -0.262. The number of anilines is 1. The van der Waals surface area contributed by atoms with Gasteiger partial charge in [-0.1, -0.05) is 29.5 Å². The minimum absolute atomic E-state index is 0.0552. The number of ether oxygens (including phenoxy) is 1. The number of hydrogen-bond acceptors (Lipinski definition) is 5. The molecule has 6 heteroatoms. The largest absolute Gasteiger partial charge is 0.484 e. The molecule has 0 unspecified atom stereocenters. The van der Waals surface area contributed by atoms with Crippen LogP contribution in [0.25, 0.3) is 10.2 Å². The normalized spacial score (nSPS) is 10.5. The zero-order valence-corrected chi connectivity index (χ0v) is 13.7. The maximum atomic E-state index is 11.8. The van der Waals surface area contributed by atoms with Crippen LogP contribution < -0.4 is 15.6 Å². The van der Waals surface area contributed by atoms with Crippen LogP contribution >= 0.6 is 11.3 Å². The number of rotatable bonds is 5. The summed E-state index contributed by atoms with van der Waals surface area (Å²) in [5.74, 6) is 0.422. The predicted molar refractivity (Wildman–Crippen MR) is 92.8 cm³/mol. The molecule has 0 saturated carbocycles. The third kappa shape index (κ3) is 3.78. The smallest absolute Gasteiger partial charge is 0.276 e. The monoisotopic (exact) mass is 327 g/mol. The highest BCUT2D eigenvalue weighted by molar-refractivity contribution is 7.22. The van der Waals surface area contributed by atoms with Gasteiger partial charge < -0.3 is 4.74 Å². The van der Waals surface area contributed by atoms with Crippen LogP contribution in [-0.2, 0) is 4.79 Å². The second-order valence-corrected chi connectivity index (χ2v) is 6.23. The number of hydrogen-bond donors (Lipinski definition) is 2. The summed E-state index contributed by atoms with van der Waals surface area (Å²) in [6.07, 6.45) is 0. The standard InChI is InChI=1S/C17H17N3O2S/c1-11-7-8-13(9-12(11)2)22-10-16(21)19-20-17-18-14-5-3-4-6-15(14)23-17/h3-9H,10H2,1-2H3,(H,18,20)(H,19,21). The SMILES string of the molecule is Cc1ccc(OCC(=O)NNc2nc3ccccc3s2)cc1C. The Kier molecular flexibility index (Phi) is 4.43. The number of para-hydroxylation sites is 1. The Balaban J connectivity index is 1.52. The van der Waals surface area contributed by atoms with Crippen molar-refractivity contribution in [3.63, 3.8) is 0 Å². The molecule has 0 atom stereocenters. The molecule has 0 aliphatic heterocycles. The van der Waals surface area contributed by atoms with E-state index in [0.29, 0.717) is 10.9 Å². The van der Waals surface area contributed by atoms with Crippen LogP contribution in [-0.4, -0.2) is 17.5 Å². The lowest BCUT2D eigenvalue weighted by molar-refractivity contribution is -0.122. The van der Waals surface area contributed by atoms with Crippen molar-refractivity contribution in [2.75, 3.05) is 12.0 Å². The molecule has 1 aromatic heterocycles. The lowest BCUT2D eigenvalue weighted by atomic mass is 10.1. The van der Waals surface area contributed by atoms with E-state index in [0.717, 1.165) is 15.8 Å². The summed E-state index contributed by atoms with van der Waals surface area (Å²) in [5, 5.41) is 0.644. The number of carbonyl (C=O) groups is 1. The lowest BCUT2D eigenvalue weighted by Gasteiger charge is -2.09.